The van der Waals surface area contributed by atoms with Crippen LogP contribution in [0.25, 0.3) is 0 Å². The summed E-state index contributed by atoms with van der Waals surface area (Å²) in [6, 6.07) is 0. The molecule has 1 heterocycles. The lowest BCUT2D eigenvalue weighted by Gasteiger charge is -2.35. The van der Waals surface area contributed by atoms with Crippen molar-refractivity contribution in [2.75, 3.05) is 26.7 Å². The molecule has 1 amide bonds. The van der Waals surface area contributed by atoms with E-state index in [9.17, 15) is 9.90 Å². The van der Waals surface area contributed by atoms with E-state index in [1.165, 1.54) is 0 Å². The number of nitrogens with one attached hydrogen (secondary N) is 1. The van der Waals surface area contributed by atoms with Gasteiger partial charge in [0.05, 0.1) is 11.5 Å². The summed E-state index contributed by atoms with van der Waals surface area (Å²) in [6.45, 7) is 7.98. The number of rotatable bonds is 4. The number of carbonyl (C=O) groups is 1. The van der Waals surface area contributed by atoms with Crippen LogP contribution < -0.4 is 5.32 Å². The zero-order chi connectivity index (χ0) is 12.3. The molecule has 0 aromatic heterocycles. The predicted octanol–water partition coefficient (Wildman–Crippen LogP) is 0.461. The van der Waals surface area contributed by atoms with Crippen LogP contribution in [0.2, 0.25) is 0 Å². The lowest BCUT2D eigenvalue weighted by atomic mass is 9.75. The first-order valence-electron chi connectivity index (χ1n) is 6.04. The first-order chi connectivity index (χ1) is 7.40. The van der Waals surface area contributed by atoms with Crippen molar-refractivity contribution in [1.82, 2.24) is 10.2 Å². The summed E-state index contributed by atoms with van der Waals surface area (Å²) >= 11 is 0. The van der Waals surface area contributed by atoms with Gasteiger partial charge >= 0.3 is 0 Å². The van der Waals surface area contributed by atoms with Crippen molar-refractivity contribution in [3.63, 3.8) is 0 Å². The van der Waals surface area contributed by atoms with E-state index in [1.807, 2.05) is 0 Å². The van der Waals surface area contributed by atoms with Crippen molar-refractivity contribution >= 4 is 5.91 Å². The molecule has 2 atom stereocenters. The average Bonchev–Trinajstić information content (AvgIpc) is 2.65. The van der Waals surface area contributed by atoms with Crippen LogP contribution in [-0.4, -0.2) is 48.7 Å². The van der Waals surface area contributed by atoms with Gasteiger partial charge in [-0.3, -0.25) is 4.79 Å². The molecule has 1 saturated heterocycles. The Morgan fingerprint density at radius 3 is 2.50 bits per heavy atom. The maximum absolute atomic E-state index is 12.4. The minimum Gasteiger partial charge on any atom is -0.392 e. The van der Waals surface area contributed by atoms with E-state index in [-0.39, 0.29) is 11.3 Å². The smallest absolute Gasteiger partial charge is 0.230 e. The van der Waals surface area contributed by atoms with Crippen molar-refractivity contribution in [3.05, 3.63) is 0 Å². The van der Waals surface area contributed by atoms with Crippen LogP contribution in [0.4, 0.5) is 0 Å². The molecule has 2 N–H and O–H groups in total. The van der Waals surface area contributed by atoms with Crippen LogP contribution in [0.3, 0.4) is 0 Å². The quantitative estimate of drug-likeness (QED) is 0.735. The first-order valence-corrected chi connectivity index (χ1v) is 6.04. The second-order valence-electron chi connectivity index (χ2n) is 5.27. The van der Waals surface area contributed by atoms with Gasteiger partial charge in [-0.25, -0.2) is 0 Å². The molecular formula is C12H24N2O2. The van der Waals surface area contributed by atoms with Gasteiger partial charge in [-0.1, -0.05) is 13.8 Å². The van der Waals surface area contributed by atoms with Crippen LogP contribution in [-0.2, 0) is 4.79 Å². The average molecular weight is 228 g/mol. The van der Waals surface area contributed by atoms with E-state index < -0.39 is 6.10 Å². The molecule has 0 saturated carbocycles. The van der Waals surface area contributed by atoms with Crippen molar-refractivity contribution in [1.29, 1.82) is 0 Å². The molecule has 16 heavy (non-hydrogen) atoms. The highest BCUT2D eigenvalue weighted by atomic mass is 16.3. The molecule has 0 bridgehead atoms. The normalized spacial score (nSPS) is 27.1. The van der Waals surface area contributed by atoms with E-state index in [4.69, 9.17) is 0 Å². The third kappa shape index (κ3) is 2.55. The molecule has 0 spiro atoms. The monoisotopic (exact) mass is 228 g/mol. The first kappa shape index (κ1) is 13.5. The van der Waals surface area contributed by atoms with Gasteiger partial charge in [-0.2, -0.15) is 0 Å². The Balaban J connectivity index is 2.76. The summed E-state index contributed by atoms with van der Waals surface area (Å²) in [5, 5.41) is 12.6. The van der Waals surface area contributed by atoms with Crippen molar-refractivity contribution in [2.45, 2.75) is 33.3 Å². The Kier molecular flexibility index (Phi) is 4.33. The standard InChI is InChI=1S/C12H24N2O2/c1-9(2)12(5-6-13-8-12)11(16)14(4)7-10(3)15/h9-10,13,15H,5-8H2,1-4H3. The van der Waals surface area contributed by atoms with E-state index in [0.717, 1.165) is 19.5 Å². The highest BCUT2D eigenvalue weighted by Crippen LogP contribution is 2.35. The number of hydrogen-bond acceptors (Lipinski definition) is 3. The van der Waals surface area contributed by atoms with Gasteiger partial charge in [-0.05, 0) is 25.8 Å². The van der Waals surface area contributed by atoms with Gasteiger partial charge in [0.15, 0.2) is 0 Å². The summed E-state index contributed by atoms with van der Waals surface area (Å²) < 4.78 is 0. The summed E-state index contributed by atoms with van der Waals surface area (Å²) in [6.07, 6.45) is 0.431. The van der Waals surface area contributed by atoms with Crippen LogP contribution >= 0.6 is 0 Å². The number of carbonyl (C=O) groups excluding carboxylic acids is 1. The molecule has 4 heteroatoms. The lowest BCUT2D eigenvalue weighted by Crippen LogP contribution is -2.48. The molecular weight excluding hydrogens is 204 g/mol. The third-order valence-corrected chi connectivity index (χ3v) is 3.60. The van der Waals surface area contributed by atoms with Crippen LogP contribution in [0.15, 0.2) is 0 Å². The number of amides is 1. The fourth-order valence-corrected chi connectivity index (χ4v) is 2.49. The summed E-state index contributed by atoms with van der Waals surface area (Å²) in [7, 11) is 1.78. The van der Waals surface area contributed by atoms with Crippen molar-refractivity contribution < 1.29 is 9.90 Å². The van der Waals surface area contributed by atoms with Crippen molar-refractivity contribution in [3.8, 4) is 0 Å². The number of aliphatic hydroxyl groups excluding tert-OH is 1. The summed E-state index contributed by atoms with van der Waals surface area (Å²) in [5.74, 6) is 0.486. The molecule has 4 nitrogen and oxygen atoms in total. The number of hydrogen-bond donors (Lipinski definition) is 2. The second-order valence-corrected chi connectivity index (χ2v) is 5.27. The van der Waals surface area contributed by atoms with Gasteiger partial charge in [-0.15, -0.1) is 0 Å². The maximum atomic E-state index is 12.4. The van der Waals surface area contributed by atoms with Crippen LogP contribution in [0, 0.1) is 11.3 Å². The van der Waals surface area contributed by atoms with Gasteiger partial charge in [0.1, 0.15) is 0 Å². The lowest BCUT2D eigenvalue weighted by molar-refractivity contribution is -0.143. The topological polar surface area (TPSA) is 52.6 Å². The van der Waals surface area contributed by atoms with E-state index in [1.54, 1.807) is 18.9 Å². The van der Waals surface area contributed by atoms with E-state index in [0.29, 0.717) is 12.5 Å². The van der Waals surface area contributed by atoms with Crippen LogP contribution in [0.1, 0.15) is 27.2 Å². The van der Waals surface area contributed by atoms with Crippen molar-refractivity contribution in [2.24, 2.45) is 11.3 Å². The zero-order valence-electron chi connectivity index (χ0n) is 10.8. The molecule has 0 aromatic rings. The Hall–Kier alpha value is -0.610. The van der Waals surface area contributed by atoms with Gasteiger partial charge in [0.2, 0.25) is 5.91 Å². The minimum atomic E-state index is -0.465. The molecule has 0 radical (unpaired) electrons. The molecule has 1 aliphatic heterocycles. The minimum absolute atomic E-state index is 0.161. The predicted molar refractivity (Wildman–Crippen MR) is 64.1 cm³/mol. The maximum Gasteiger partial charge on any atom is 0.230 e. The number of likely N-dealkylation sites (N-methyl/N-ethyl adjacent to an activating group) is 1. The SMILES string of the molecule is CC(O)CN(C)C(=O)C1(C(C)C)CCNC1. The van der Waals surface area contributed by atoms with E-state index in [2.05, 4.69) is 19.2 Å². The summed E-state index contributed by atoms with van der Waals surface area (Å²) in [5.41, 5.74) is -0.274. The molecule has 0 aliphatic carbocycles. The Labute approximate surface area is 98.0 Å². The molecule has 0 aromatic carbocycles. The fraction of sp³-hybridized carbons (Fsp3) is 0.917. The van der Waals surface area contributed by atoms with Crippen LogP contribution in [0.5, 0.6) is 0 Å². The molecule has 1 rings (SSSR count). The zero-order valence-corrected chi connectivity index (χ0v) is 10.8. The molecule has 94 valence electrons. The fourth-order valence-electron chi connectivity index (χ4n) is 2.49. The molecule has 2 unspecified atom stereocenters. The molecule has 1 aliphatic rings. The Bertz CT molecular complexity index is 245. The number of nitrogens with zero attached hydrogens (tertiary/aromatic N) is 1. The van der Waals surface area contributed by atoms with Gasteiger partial charge in [0, 0.05) is 20.1 Å². The Morgan fingerprint density at radius 2 is 2.12 bits per heavy atom. The van der Waals surface area contributed by atoms with Gasteiger partial charge < -0.3 is 15.3 Å². The number of aliphatic hydroxyl groups is 1. The summed E-state index contributed by atoms with van der Waals surface area (Å²) in [4.78, 5) is 14.1. The second kappa shape index (κ2) is 5.15. The molecule has 1 fully saturated rings. The largest absolute Gasteiger partial charge is 0.392 e. The van der Waals surface area contributed by atoms with Gasteiger partial charge in [0.25, 0.3) is 0 Å². The van der Waals surface area contributed by atoms with E-state index >= 15 is 0 Å². The third-order valence-electron chi connectivity index (χ3n) is 3.60. The highest BCUT2D eigenvalue weighted by molar-refractivity contribution is 5.83. The Morgan fingerprint density at radius 1 is 1.50 bits per heavy atom. The highest BCUT2D eigenvalue weighted by Gasteiger charge is 2.45.